The standard InChI is InChI=1S/C17H24N2OS/c1-4-20-17-8-7-15(18)10-14(17)11-19(13(2)3)12-16-6-5-9-21-16/h5-10,13H,4,11-12,18H2,1-3H3. The topological polar surface area (TPSA) is 38.5 Å². The van der Waals surface area contributed by atoms with Crippen molar-refractivity contribution in [2.24, 2.45) is 0 Å². The van der Waals surface area contributed by atoms with Crippen LogP contribution in [0.4, 0.5) is 5.69 Å². The molecule has 2 aromatic rings. The number of ether oxygens (including phenoxy) is 1. The zero-order valence-corrected chi connectivity index (χ0v) is 13.8. The number of rotatable bonds is 7. The minimum atomic E-state index is 0.461. The highest BCUT2D eigenvalue weighted by atomic mass is 32.1. The molecule has 0 amide bonds. The van der Waals surface area contributed by atoms with E-state index in [1.165, 1.54) is 4.88 Å². The minimum absolute atomic E-state index is 0.461. The Hall–Kier alpha value is -1.52. The third kappa shape index (κ3) is 4.48. The summed E-state index contributed by atoms with van der Waals surface area (Å²) in [5, 5.41) is 2.12. The van der Waals surface area contributed by atoms with Gasteiger partial charge in [-0.15, -0.1) is 11.3 Å². The second kappa shape index (κ2) is 7.48. The summed E-state index contributed by atoms with van der Waals surface area (Å²) in [5.74, 6) is 0.934. The fourth-order valence-corrected chi connectivity index (χ4v) is 2.99. The Bertz CT molecular complexity index is 552. The van der Waals surface area contributed by atoms with Crippen molar-refractivity contribution in [3.8, 4) is 5.75 Å². The van der Waals surface area contributed by atoms with Crippen molar-refractivity contribution in [3.63, 3.8) is 0 Å². The van der Waals surface area contributed by atoms with Gasteiger partial charge in [-0.05, 0) is 50.4 Å². The van der Waals surface area contributed by atoms with E-state index in [0.717, 1.165) is 30.1 Å². The average molecular weight is 304 g/mol. The second-order valence-corrected chi connectivity index (χ2v) is 6.41. The Morgan fingerprint density at radius 3 is 2.67 bits per heavy atom. The van der Waals surface area contributed by atoms with E-state index in [2.05, 4.69) is 36.3 Å². The maximum Gasteiger partial charge on any atom is 0.123 e. The van der Waals surface area contributed by atoms with Gasteiger partial charge in [-0.25, -0.2) is 0 Å². The molecule has 0 radical (unpaired) electrons. The number of thiophene rings is 1. The van der Waals surface area contributed by atoms with Crippen LogP contribution in [0.15, 0.2) is 35.7 Å². The van der Waals surface area contributed by atoms with Crippen molar-refractivity contribution >= 4 is 17.0 Å². The lowest BCUT2D eigenvalue weighted by molar-refractivity contribution is 0.201. The van der Waals surface area contributed by atoms with Crippen molar-refractivity contribution < 1.29 is 4.74 Å². The van der Waals surface area contributed by atoms with Gasteiger partial charge in [0.05, 0.1) is 6.61 Å². The van der Waals surface area contributed by atoms with Gasteiger partial charge < -0.3 is 10.5 Å². The number of nitrogen functional groups attached to an aromatic ring is 1. The number of anilines is 1. The quantitative estimate of drug-likeness (QED) is 0.781. The number of benzene rings is 1. The Morgan fingerprint density at radius 2 is 2.05 bits per heavy atom. The average Bonchev–Trinajstić information content (AvgIpc) is 2.94. The summed E-state index contributed by atoms with van der Waals surface area (Å²) in [6, 6.07) is 10.6. The van der Waals surface area contributed by atoms with Crippen molar-refractivity contribution in [1.82, 2.24) is 4.90 Å². The van der Waals surface area contributed by atoms with E-state index in [1.54, 1.807) is 11.3 Å². The predicted molar refractivity (Wildman–Crippen MR) is 90.7 cm³/mol. The van der Waals surface area contributed by atoms with Crippen LogP contribution in [0, 0.1) is 0 Å². The third-order valence-corrected chi connectivity index (χ3v) is 4.29. The van der Waals surface area contributed by atoms with Crippen molar-refractivity contribution in [1.29, 1.82) is 0 Å². The molecule has 1 aromatic heterocycles. The van der Waals surface area contributed by atoms with Crippen LogP contribution in [-0.2, 0) is 13.1 Å². The van der Waals surface area contributed by atoms with Crippen LogP contribution in [0.1, 0.15) is 31.2 Å². The van der Waals surface area contributed by atoms with Gasteiger partial charge in [-0.2, -0.15) is 0 Å². The minimum Gasteiger partial charge on any atom is -0.494 e. The lowest BCUT2D eigenvalue weighted by Crippen LogP contribution is -2.29. The second-order valence-electron chi connectivity index (χ2n) is 5.38. The predicted octanol–water partition coefficient (Wildman–Crippen LogP) is 4.14. The first kappa shape index (κ1) is 15.9. The molecule has 0 aliphatic rings. The smallest absolute Gasteiger partial charge is 0.123 e. The molecule has 3 nitrogen and oxygen atoms in total. The molecule has 0 unspecified atom stereocenters. The van der Waals surface area contributed by atoms with Crippen LogP contribution in [-0.4, -0.2) is 17.5 Å². The molecule has 0 spiro atoms. The molecule has 0 bridgehead atoms. The van der Waals surface area contributed by atoms with Crippen LogP contribution in [0.25, 0.3) is 0 Å². The summed E-state index contributed by atoms with van der Waals surface area (Å²) in [7, 11) is 0. The van der Waals surface area contributed by atoms with E-state index in [9.17, 15) is 0 Å². The Labute approximate surface area is 131 Å². The molecular weight excluding hydrogens is 280 g/mol. The number of nitrogens with two attached hydrogens (primary N) is 1. The zero-order chi connectivity index (χ0) is 15.2. The highest BCUT2D eigenvalue weighted by Gasteiger charge is 2.14. The number of hydrogen-bond acceptors (Lipinski definition) is 4. The van der Waals surface area contributed by atoms with Crippen molar-refractivity contribution in [2.45, 2.75) is 39.9 Å². The van der Waals surface area contributed by atoms with Gasteiger partial charge in [-0.1, -0.05) is 6.07 Å². The third-order valence-electron chi connectivity index (χ3n) is 3.43. The van der Waals surface area contributed by atoms with Gasteiger partial charge in [-0.3, -0.25) is 4.90 Å². The summed E-state index contributed by atoms with van der Waals surface area (Å²) in [5.41, 5.74) is 7.88. The van der Waals surface area contributed by atoms with Crippen LogP contribution < -0.4 is 10.5 Å². The summed E-state index contributed by atoms with van der Waals surface area (Å²) in [6.45, 7) is 8.92. The van der Waals surface area contributed by atoms with Gasteiger partial charge in [0, 0.05) is 35.3 Å². The monoisotopic (exact) mass is 304 g/mol. The van der Waals surface area contributed by atoms with Gasteiger partial charge in [0.1, 0.15) is 5.75 Å². The maximum atomic E-state index is 5.94. The van der Waals surface area contributed by atoms with Crippen LogP contribution in [0.5, 0.6) is 5.75 Å². The molecule has 0 saturated heterocycles. The lowest BCUT2D eigenvalue weighted by atomic mass is 10.1. The molecule has 0 aliphatic heterocycles. The molecule has 4 heteroatoms. The Morgan fingerprint density at radius 1 is 1.24 bits per heavy atom. The van der Waals surface area contributed by atoms with Gasteiger partial charge >= 0.3 is 0 Å². The zero-order valence-electron chi connectivity index (χ0n) is 13.0. The van der Waals surface area contributed by atoms with E-state index < -0.39 is 0 Å². The van der Waals surface area contributed by atoms with Gasteiger partial charge in [0.25, 0.3) is 0 Å². The Balaban J connectivity index is 2.17. The van der Waals surface area contributed by atoms with Crippen molar-refractivity contribution in [2.75, 3.05) is 12.3 Å². The molecule has 0 aliphatic carbocycles. The fraction of sp³-hybridized carbons (Fsp3) is 0.412. The fourth-order valence-electron chi connectivity index (χ4n) is 2.26. The largest absolute Gasteiger partial charge is 0.494 e. The van der Waals surface area contributed by atoms with E-state index in [-0.39, 0.29) is 0 Å². The molecular formula is C17H24N2OS. The first-order chi connectivity index (χ1) is 10.1. The van der Waals surface area contributed by atoms with Crippen LogP contribution in [0.3, 0.4) is 0 Å². The molecule has 0 saturated carbocycles. The normalized spacial score (nSPS) is 11.3. The lowest BCUT2D eigenvalue weighted by Gasteiger charge is -2.27. The molecule has 114 valence electrons. The number of nitrogens with zero attached hydrogens (tertiary/aromatic N) is 1. The first-order valence-electron chi connectivity index (χ1n) is 7.37. The van der Waals surface area contributed by atoms with Crippen LogP contribution in [0.2, 0.25) is 0 Å². The highest BCUT2D eigenvalue weighted by Crippen LogP contribution is 2.25. The van der Waals surface area contributed by atoms with E-state index >= 15 is 0 Å². The molecule has 1 aromatic carbocycles. The highest BCUT2D eigenvalue weighted by molar-refractivity contribution is 7.09. The Kier molecular flexibility index (Phi) is 5.65. The van der Waals surface area contributed by atoms with Crippen LogP contribution >= 0.6 is 11.3 Å². The maximum absolute atomic E-state index is 5.94. The first-order valence-corrected chi connectivity index (χ1v) is 8.25. The van der Waals surface area contributed by atoms with Gasteiger partial charge in [0.15, 0.2) is 0 Å². The molecule has 2 N–H and O–H groups in total. The molecule has 2 rings (SSSR count). The van der Waals surface area contributed by atoms with Gasteiger partial charge in [0.2, 0.25) is 0 Å². The van der Waals surface area contributed by atoms with E-state index in [1.807, 2.05) is 25.1 Å². The van der Waals surface area contributed by atoms with E-state index in [0.29, 0.717) is 12.6 Å². The molecule has 0 fully saturated rings. The molecule has 1 heterocycles. The summed E-state index contributed by atoms with van der Waals surface area (Å²) < 4.78 is 5.73. The molecule has 21 heavy (non-hydrogen) atoms. The summed E-state index contributed by atoms with van der Waals surface area (Å²) >= 11 is 1.80. The summed E-state index contributed by atoms with van der Waals surface area (Å²) in [6.07, 6.45) is 0. The van der Waals surface area contributed by atoms with E-state index in [4.69, 9.17) is 10.5 Å². The van der Waals surface area contributed by atoms with Crippen molar-refractivity contribution in [3.05, 3.63) is 46.2 Å². The summed E-state index contributed by atoms with van der Waals surface area (Å²) in [4.78, 5) is 3.81. The number of hydrogen-bond donors (Lipinski definition) is 1. The molecule has 0 atom stereocenters. The SMILES string of the molecule is CCOc1ccc(N)cc1CN(Cc1cccs1)C(C)C.